The Morgan fingerprint density at radius 1 is 1.10 bits per heavy atom. The zero-order chi connectivity index (χ0) is 14.5. The number of hydrogen-bond acceptors (Lipinski definition) is 6. The Hall–Kier alpha value is -0.300. The van der Waals surface area contributed by atoms with Crippen molar-refractivity contribution in [1.82, 2.24) is 10.6 Å². The van der Waals surface area contributed by atoms with E-state index in [2.05, 4.69) is 17.6 Å². The van der Waals surface area contributed by atoms with E-state index in [1.54, 1.807) is 23.5 Å². The number of allylic oxidation sites excluding steroid dienone is 1. The van der Waals surface area contributed by atoms with Crippen molar-refractivity contribution in [2.24, 2.45) is 5.41 Å². The van der Waals surface area contributed by atoms with Gasteiger partial charge in [0.05, 0.1) is 20.6 Å². The lowest BCUT2D eigenvalue weighted by molar-refractivity contribution is -0.127. The maximum atomic E-state index is 12.3. The first-order valence-electron chi connectivity index (χ1n) is 6.99. The maximum Gasteiger partial charge on any atom is 0.168 e. The van der Waals surface area contributed by atoms with Gasteiger partial charge in [0.2, 0.25) is 0 Å². The third kappa shape index (κ3) is 2.71. The van der Waals surface area contributed by atoms with Crippen LogP contribution < -0.4 is 10.6 Å². The highest BCUT2D eigenvalue weighted by Crippen LogP contribution is 2.49. The lowest BCUT2D eigenvalue weighted by atomic mass is 9.74. The van der Waals surface area contributed by atoms with Crippen LogP contribution in [0, 0.1) is 5.41 Å². The summed E-state index contributed by atoms with van der Waals surface area (Å²) >= 11 is 3.28. The van der Waals surface area contributed by atoms with E-state index >= 15 is 0 Å². The average molecular weight is 312 g/mol. The van der Waals surface area contributed by atoms with Crippen LogP contribution in [-0.2, 0) is 9.59 Å². The lowest BCUT2D eigenvalue weighted by Gasteiger charge is -2.30. The van der Waals surface area contributed by atoms with Crippen LogP contribution in [0.4, 0.5) is 0 Å². The van der Waals surface area contributed by atoms with Crippen LogP contribution in [-0.4, -0.2) is 34.9 Å². The van der Waals surface area contributed by atoms with Gasteiger partial charge in [-0.1, -0.05) is 37.4 Å². The third-order valence-corrected chi connectivity index (χ3v) is 6.80. The normalized spacial score (nSPS) is 37.2. The molecule has 3 rings (SSSR count). The summed E-state index contributed by atoms with van der Waals surface area (Å²) in [5.41, 5.74) is 0.272. The van der Waals surface area contributed by atoms with Crippen molar-refractivity contribution >= 4 is 35.1 Å². The summed E-state index contributed by atoms with van der Waals surface area (Å²) < 4.78 is 0.916. The minimum absolute atomic E-state index is 0.0212. The molecule has 2 aliphatic heterocycles. The van der Waals surface area contributed by atoms with Crippen LogP contribution in [0.5, 0.6) is 0 Å². The average Bonchev–Trinajstić information content (AvgIpc) is 2.68. The van der Waals surface area contributed by atoms with Gasteiger partial charge in [-0.15, -0.1) is 0 Å². The second kappa shape index (κ2) is 5.16. The van der Waals surface area contributed by atoms with E-state index < -0.39 is 0 Å². The number of carbonyl (C=O) groups is 2. The van der Waals surface area contributed by atoms with Crippen LogP contribution in [0.25, 0.3) is 0 Å². The van der Waals surface area contributed by atoms with Gasteiger partial charge in [-0.05, 0) is 12.3 Å². The number of carbonyl (C=O) groups excluding carboxylic acids is 2. The summed E-state index contributed by atoms with van der Waals surface area (Å²) in [5.74, 6) is 0.0425. The summed E-state index contributed by atoms with van der Waals surface area (Å²) in [4.78, 5) is 24.7. The molecule has 6 heteroatoms. The fourth-order valence-electron chi connectivity index (χ4n) is 2.89. The molecular formula is C14H20N2O2S2. The molecule has 3 atom stereocenters. The highest BCUT2D eigenvalue weighted by Gasteiger charge is 2.43. The van der Waals surface area contributed by atoms with E-state index in [9.17, 15) is 9.59 Å². The molecule has 2 heterocycles. The molecule has 110 valence electrons. The molecule has 0 aromatic rings. The van der Waals surface area contributed by atoms with E-state index in [0.717, 1.165) is 10.8 Å². The molecule has 0 aromatic carbocycles. The first-order chi connectivity index (χ1) is 9.35. The molecular weight excluding hydrogens is 292 g/mol. The van der Waals surface area contributed by atoms with Crippen molar-refractivity contribution in [3.8, 4) is 0 Å². The highest BCUT2D eigenvalue weighted by atomic mass is 32.2. The monoisotopic (exact) mass is 312 g/mol. The van der Waals surface area contributed by atoms with Gasteiger partial charge in [-0.2, -0.15) is 0 Å². The number of nitrogens with one attached hydrogen (secondary N) is 2. The van der Waals surface area contributed by atoms with Gasteiger partial charge in [-0.25, -0.2) is 0 Å². The third-order valence-electron chi connectivity index (χ3n) is 3.86. The predicted molar refractivity (Wildman–Crippen MR) is 83.4 cm³/mol. The predicted octanol–water partition coefficient (Wildman–Crippen LogP) is 1.87. The minimum atomic E-state index is -0.191. The number of ketones is 2. The van der Waals surface area contributed by atoms with Gasteiger partial charge in [0, 0.05) is 25.4 Å². The van der Waals surface area contributed by atoms with E-state index in [1.165, 1.54) is 0 Å². The largest absolute Gasteiger partial charge is 0.301 e. The van der Waals surface area contributed by atoms with Crippen LogP contribution in [0.1, 0.15) is 33.6 Å². The smallest absolute Gasteiger partial charge is 0.168 e. The fraction of sp³-hybridized carbons (Fsp3) is 0.714. The Bertz CT molecular complexity index is 479. The summed E-state index contributed by atoms with van der Waals surface area (Å²) in [5, 5.41) is 7.49. The van der Waals surface area contributed by atoms with Crippen molar-refractivity contribution < 1.29 is 9.59 Å². The van der Waals surface area contributed by atoms with E-state index in [-0.39, 0.29) is 27.7 Å². The van der Waals surface area contributed by atoms with Crippen molar-refractivity contribution in [2.75, 3.05) is 6.54 Å². The summed E-state index contributed by atoms with van der Waals surface area (Å²) in [6.45, 7) is 7.04. The molecule has 0 aromatic heterocycles. The Labute approximate surface area is 127 Å². The van der Waals surface area contributed by atoms with E-state index in [0.29, 0.717) is 24.5 Å². The zero-order valence-corrected chi connectivity index (χ0v) is 13.6. The van der Waals surface area contributed by atoms with Crippen LogP contribution in [0.2, 0.25) is 0 Å². The molecule has 3 fully saturated rings. The van der Waals surface area contributed by atoms with E-state index in [4.69, 9.17) is 0 Å². The Balaban J connectivity index is 1.85. The highest BCUT2D eigenvalue weighted by molar-refractivity contribution is 8.26. The standard InChI is InChI=1S/C14H20N2O2S2/c1-7-6-15-11-12(16-7)20-13(19-11)10-8(17)4-14(2,3)5-9(10)18/h7,11-12,15-16H,4-6H2,1-3H3. The van der Waals surface area contributed by atoms with Gasteiger partial charge in [0.25, 0.3) is 0 Å². The van der Waals surface area contributed by atoms with Crippen LogP contribution in [0.3, 0.4) is 0 Å². The molecule has 20 heavy (non-hydrogen) atoms. The van der Waals surface area contributed by atoms with Crippen molar-refractivity contribution in [3.63, 3.8) is 0 Å². The van der Waals surface area contributed by atoms with Crippen LogP contribution in [0.15, 0.2) is 9.81 Å². The SMILES string of the molecule is CC1CNC2SC(=C3C(=O)CC(C)(C)CC3=O)SC2N1. The zero-order valence-electron chi connectivity index (χ0n) is 12.0. The maximum absolute atomic E-state index is 12.3. The fourth-order valence-corrected chi connectivity index (χ4v) is 6.13. The van der Waals surface area contributed by atoms with Crippen molar-refractivity contribution in [1.29, 1.82) is 0 Å². The number of Topliss-reactive ketones (excluding diaryl/α,β-unsaturated/α-hetero) is 2. The topological polar surface area (TPSA) is 58.2 Å². The van der Waals surface area contributed by atoms with Gasteiger partial charge in [-0.3, -0.25) is 14.9 Å². The molecule has 3 unspecified atom stereocenters. The number of piperazine rings is 1. The van der Waals surface area contributed by atoms with E-state index in [1.807, 2.05) is 13.8 Å². The molecule has 3 aliphatic rings. The molecule has 2 saturated heterocycles. The first kappa shape index (κ1) is 14.6. The molecule has 0 amide bonds. The van der Waals surface area contributed by atoms with Crippen LogP contribution >= 0.6 is 23.5 Å². The quantitative estimate of drug-likeness (QED) is 0.526. The van der Waals surface area contributed by atoms with Gasteiger partial charge in [0.1, 0.15) is 0 Å². The summed E-state index contributed by atoms with van der Waals surface area (Å²) in [6.07, 6.45) is 0.955. The molecule has 1 saturated carbocycles. The molecule has 4 nitrogen and oxygen atoms in total. The lowest BCUT2D eigenvalue weighted by Crippen LogP contribution is -2.55. The first-order valence-corrected chi connectivity index (χ1v) is 8.75. The van der Waals surface area contributed by atoms with Crippen molar-refractivity contribution in [2.45, 2.75) is 50.4 Å². The summed E-state index contributed by atoms with van der Waals surface area (Å²) in [7, 11) is 0. The molecule has 0 bridgehead atoms. The van der Waals surface area contributed by atoms with Gasteiger partial charge < -0.3 is 5.32 Å². The molecule has 2 N–H and O–H groups in total. The Morgan fingerprint density at radius 3 is 2.35 bits per heavy atom. The second-order valence-electron chi connectivity index (χ2n) is 6.58. The molecule has 0 spiro atoms. The summed E-state index contributed by atoms with van der Waals surface area (Å²) in [6, 6.07) is 0.422. The number of fused-ring (bicyclic) bond motifs is 1. The molecule has 0 radical (unpaired) electrons. The van der Waals surface area contributed by atoms with Gasteiger partial charge >= 0.3 is 0 Å². The van der Waals surface area contributed by atoms with Gasteiger partial charge in [0.15, 0.2) is 11.6 Å². The second-order valence-corrected chi connectivity index (χ2v) is 9.14. The molecule has 1 aliphatic carbocycles. The Kier molecular flexibility index (Phi) is 3.77. The Morgan fingerprint density at radius 2 is 1.70 bits per heavy atom. The number of hydrogen-bond donors (Lipinski definition) is 2. The number of thioether (sulfide) groups is 2. The number of rotatable bonds is 0. The van der Waals surface area contributed by atoms with Crippen molar-refractivity contribution in [3.05, 3.63) is 9.81 Å². The minimum Gasteiger partial charge on any atom is -0.301 e.